The molecule has 0 atom stereocenters. The van der Waals surface area contributed by atoms with Crippen LogP contribution in [0.15, 0.2) is 97.2 Å². The van der Waals surface area contributed by atoms with E-state index in [-0.39, 0.29) is 6.54 Å². The van der Waals surface area contributed by atoms with Crippen LogP contribution in [0.25, 0.3) is 11.1 Å². The van der Waals surface area contributed by atoms with Crippen LogP contribution in [-0.2, 0) is 16.1 Å². The zero-order chi connectivity index (χ0) is 25.5. The highest BCUT2D eigenvalue weighted by Gasteiger charge is 2.17. The van der Waals surface area contributed by atoms with E-state index in [4.69, 9.17) is 16.3 Å². The van der Waals surface area contributed by atoms with Crippen LogP contribution in [0.5, 0.6) is 0 Å². The summed E-state index contributed by atoms with van der Waals surface area (Å²) in [7, 11) is 1.32. The van der Waals surface area contributed by atoms with E-state index in [9.17, 15) is 9.59 Å². The first-order valence-corrected chi connectivity index (χ1v) is 11.8. The van der Waals surface area contributed by atoms with Crippen molar-refractivity contribution in [3.8, 4) is 0 Å². The number of nitrogens with zero attached hydrogens (tertiary/aromatic N) is 2. The van der Waals surface area contributed by atoms with Crippen molar-refractivity contribution >= 4 is 40.8 Å². The third-order valence-electron chi connectivity index (χ3n) is 5.89. The van der Waals surface area contributed by atoms with Gasteiger partial charge in [0.15, 0.2) is 0 Å². The van der Waals surface area contributed by atoms with Gasteiger partial charge in [0.05, 0.1) is 30.6 Å². The van der Waals surface area contributed by atoms with Crippen molar-refractivity contribution in [2.45, 2.75) is 13.5 Å². The van der Waals surface area contributed by atoms with Gasteiger partial charge in [0.25, 0.3) is 0 Å². The summed E-state index contributed by atoms with van der Waals surface area (Å²) in [5.74, 6) is -0.456. The molecule has 0 unspecified atom stereocenters. The molecule has 0 fully saturated rings. The monoisotopic (exact) mass is 496 g/mol. The van der Waals surface area contributed by atoms with E-state index in [1.165, 1.54) is 13.3 Å². The lowest BCUT2D eigenvalue weighted by molar-refractivity contribution is -0.107. The molecule has 1 aromatic heterocycles. The molecule has 0 saturated heterocycles. The minimum Gasteiger partial charge on any atom is -0.465 e. The maximum absolute atomic E-state index is 12.2. The van der Waals surface area contributed by atoms with Gasteiger partial charge in [0, 0.05) is 16.8 Å². The Hall–Kier alpha value is -4.22. The van der Waals surface area contributed by atoms with Crippen LogP contribution in [-0.4, -0.2) is 24.5 Å². The molecule has 0 spiro atoms. The Kier molecular flexibility index (Phi) is 7.93. The van der Waals surface area contributed by atoms with Crippen molar-refractivity contribution in [1.29, 1.82) is 0 Å². The molecule has 0 radical (unpaired) electrons. The van der Waals surface area contributed by atoms with Gasteiger partial charge in [0.2, 0.25) is 6.41 Å². The molecule has 0 aliphatic carbocycles. The molecule has 1 heterocycles. The maximum Gasteiger partial charge on any atom is 0.339 e. The lowest BCUT2D eigenvalue weighted by Crippen LogP contribution is -2.22. The first kappa shape index (κ1) is 24.9. The summed E-state index contributed by atoms with van der Waals surface area (Å²) in [6.45, 7) is 2.30. The maximum atomic E-state index is 12.2. The molecule has 3 aromatic carbocycles. The number of benzene rings is 3. The van der Waals surface area contributed by atoms with E-state index in [1.807, 2.05) is 66.7 Å². The standard InChI is InChI=1S/C30H25ClN2O3/c1-21(29(22-8-4-3-5-9-22)23-12-15-25(31)16-13-23)27-10-6-7-11-28(27)33(20-34)19-26-17-14-24(18-32-26)30(35)36-2/h3-18,20H,19H2,1-2H3/b29-21-. The van der Waals surface area contributed by atoms with Gasteiger partial charge in [-0.2, -0.15) is 0 Å². The number of para-hydroxylation sites is 1. The number of esters is 1. The van der Waals surface area contributed by atoms with Crippen LogP contribution >= 0.6 is 11.6 Å². The summed E-state index contributed by atoms with van der Waals surface area (Å²) in [5, 5.41) is 0.669. The number of ether oxygens (including phenoxy) is 1. The van der Waals surface area contributed by atoms with Gasteiger partial charge in [-0.15, -0.1) is 0 Å². The van der Waals surface area contributed by atoms with Gasteiger partial charge < -0.3 is 9.64 Å². The van der Waals surface area contributed by atoms with Crippen LogP contribution in [0.2, 0.25) is 5.02 Å². The van der Waals surface area contributed by atoms with Crippen molar-refractivity contribution < 1.29 is 14.3 Å². The first-order valence-electron chi connectivity index (χ1n) is 11.4. The highest BCUT2D eigenvalue weighted by Crippen LogP contribution is 2.36. The van der Waals surface area contributed by atoms with Crippen LogP contribution in [0, 0.1) is 0 Å². The molecule has 4 rings (SSSR count). The predicted octanol–water partition coefficient (Wildman–Crippen LogP) is 6.66. The van der Waals surface area contributed by atoms with Gasteiger partial charge >= 0.3 is 5.97 Å². The molecule has 0 N–H and O–H groups in total. The van der Waals surface area contributed by atoms with Crippen molar-refractivity contribution in [3.05, 3.63) is 130 Å². The summed E-state index contributed by atoms with van der Waals surface area (Å²) < 4.78 is 4.73. The average Bonchev–Trinajstić information content (AvgIpc) is 2.93. The van der Waals surface area contributed by atoms with E-state index in [0.717, 1.165) is 39.9 Å². The lowest BCUT2D eigenvalue weighted by Gasteiger charge is -2.23. The normalized spacial score (nSPS) is 11.4. The summed E-state index contributed by atoms with van der Waals surface area (Å²) in [4.78, 5) is 29.9. The van der Waals surface area contributed by atoms with Gasteiger partial charge in [0.1, 0.15) is 0 Å². The molecule has 0 aliphatic rings. The minimum atomic E-state index is -0.456. The summed E-state index contributed by atoms with van der Waals surface area (Å²) in [6, 6.07) is 29.0. The number of hydrogen-bond donors (Lipinski definition) is 0. The Morgan fingerprint density at radius 2 is 1.53 bits per heavy atom. The number of methoxy groups -OCH3 is 1. The highest BCUT2D eigenvalue weighted by molar-refractivity contribution is 6.30. The molecule has 0 saturated carbocycles. The Balaban J connectivity index is 1.78. The minimum absolute atomic E-state index is 0.247. The zero-order valence-corrected chi connectivity index (χ0v) is 20.8. The Bertz CT molecular complexity index is 1380. The Labute approximate surface area is 215 Å². The number of rotatable bonds is 8. The van der Waals surface area contributed by atoms with E-state index in [1.54, 1.807) is 17.0 Å². The lowest BCUT2D eigenvalue weighted by atomic mass is 9.89. The fourth-order valence-electron chi connectivity index (χ4n) is 4.11. The molecule has 5 nitrogen and oxygen atoms in total. The molecule has 4 aromatic rings. The number of aromatic nitrogens is 1. The summed E-state index contributed by atoms with van der Waals surface area (Å²) in [5.41, 5.74) is 6.82. The third kappa shape index (κ3) is 5.53. The van der Waals surface area contributed by atoms with Gasteiger partial charge in [-0.1, -0.05) is 72.3 Å². The Morgan fingerprint density at radius 3 is 2.17 bits per heavy atom. The number of halogens is 1. The quantitative estimate of drug-likeness (QED) is 0.155. The van der Waals surface area contributed by atoms with Crippen LogP contribution in [0.1, 0.15) is 39.7 Å². The fraction of sp³-hybridized carbons (Fsp3) is 0.100. The Morgan fingerprint density at radius 1 is 0.889 bits per heavy atom. The third-order valence-corrected chi connectivity index (χ3v) is 6.15. The fourth-order valence-corrected chi connectivity index (χ4v) is 4.23. The zero-order valence-electron chi connectivity index (χ0n) is 20.0. The number of pyridine rings is 1. The van der Waals surface area contributed by atoms with Crippen molar-refractivity contribution in [3.63, 3.8) is 0 Å². The molecule has 0 bridgehead atoms. The molecule has 180 valence electrons. The predicted molar refractivity (Wildman–Crippen MR) is 144 cm³/mol. The highest BCUT2D eigenvalue weighted by atomic mass is 35.5. The SMILES string of the molecule is COC(=O)c1ccc(CN(C=O)c2ccccc2/C(C)=C(/c2ccccc2)c2ccc(Cl)cc2)nc1. The number of hydrogen-bond acceptors (Lipinski definition) is 4. The summed E-state index contributed by atoms with van der Waals surface area (Å²) in [6.07, 6.45) is 2.25. The molecule has 0 aliphatic heterocycles. The second-order valence-electron chi connectivity index (χ2n) is 8.15. The molecule has 6 heteroatoms. The van der Waals surface area contributed by atoms with E-state index in [0.29, 0.717) is 16.3 Å². The number of carbonyl (C=O) groups is 2. The van der Waals surface area contributed by atoms with Crippen molar-refractivity contribution in [2.24, 2.45) is 0 Å². The second-order valence-corrected chi connectivity index (χ2v) is 8.59. The summed E-state index contributed by atoms with van der Waals surface area (Å²) >= 11 is 6.16. The average molecular weight is 497 g/mol. The second kappa shape index (κ2) is 11.5. The van der Waals surface area contributed by atoms with Gasteiger partial charge in [-0.25, -0.2) is 4.79 Å². The number of amides is 1. The van der Waals surface area contributed by atoms with Crippen molar-refractivity contribution in [2.75, 3.05) is 12.0 Å². The largest absolute Gasteiger partial charge is 0.465 e. The first-order chi connectivity index (χ1) is 17.5. The van der Waals surface area contributed by atoms with E-state index >= 15 is 0 Å². The molecule has 1 amide bonds. The van der Waals surface area contributed by atoms with Crippen LogP contribution in [0.4, 0.5) is 5.69 Å². The number of anilines is 1. The van der Waals surface area contributed by atoms with E-state index in [2.05, 4.69) is 24.0 Å². The topological polar surface area (TPSA) is 59.5 Å². The van der Waals surface area contributed by atoms with E-state index < -0.39 is 5.97 Å². The molecule has 36 heavy (non-hydrogen) atoms. The van der Waals surface area contributed by atoms with Crippen LogP contribution in [0.3, 0.4) is 0 Å². The molecular formula is C30H25ClN2O3. The number of carbonyl (C=O) groups excluding carboxylic acids is 2. The van der Waals surface area contributed by atoms with Gasteiger partial charge in [-0.05, 0) is 59.5 Å². The van der Waals surface area contributed by atoms with Gasteiger partial charge in [-0.3, -0.25) is 9.78 Å². The number of allylic oxidation sites excluding steroid dienone is 1. The molecular weight excluding hydrogens is 472 g/mol. The van der Waals surface area contributed by atoms with Crippen molar-refractivity contribution in [1.82, 2.24) is 4.98 Å². The smallest absolute Gasteiger partial charge is 0.339 e. The van der Waals surface area contributed by atoms with Crippen LogP contribution < -0.4 is 4.90 Å².